The fourth-order valence-electron chi connectivity index (χ4n) is 6.56. The molecule has 2 aliphatic heterocycles. The van der Waals surface area contributed by atoms with Crippen LogP contribution < -0.4 is 26.6 Å². The first-order chi connectivity index (χ1) is 23.6. The minimum atomic E-state index is -2.08. The highest BCUT2D eigenvalue weighted by Crippen LogP contribution is 2.39. The zero-order chi connectivity index (χ0) is 37.8. The number of alkyl carbamates (subject to hydrolysis) is 1. The summed E-state index contributed by atoms with van der Waals surface area (Å²) in [6.45, 7) is 20.9. The summed E-state index contributed by atoms with van der Waals surface area (Å²) < 4.78 is 24.0. The number of aliphatic hydroxyl groups is 1. The molecule has 1 unspecified atom stereocenters. The average Bonchev–Trinajstić information content (AvgIpc) is 3.35. The lowest BCUT2D eigenvalue weighted by atomic mass is 9.80. The maximum Gasteiger partial charge on any atom is 0.412 e. The summed E-state index contributed by atoms with van der Waals surface area (Å²) in [6.07, 6.45) is 0.746. The number of fused-ring (bicyclic) bond motifs is 4. The van der Waals surface area contributed by atoms with Gasteiger partial charge in [-0.3, -0.25) is 10.1 Å². The van der Waals surface area contributed by atoms with Crippen molar-refractivity contribution in [2.75, 3.05) is 18.5 Å². The van der Waals surface area contributed by atoms with E-state index in [0.717, 1.165) is 11.1 Å². The highest BCUT2D eigenvalue weighted by atomic mass is 28.3. The topological polar surface area (TPSA) is 167 Å². The zero-order valence-corrected chi connectivity index (χ0v) is 32.5. The number of aromatic nitrogens is 2. The van der Waals surface area contributed by atoms with Crippen LogP contribution in [-0.4, -0.2) is 76.8 Å². The van der Waals surface area contributed by atoms with Crippen LogP contribution in [0.15, 0.2) is 23.3 Å². The van der Waals surface area contributed by atoms with Crippen molar-refractivity contribution < 1.29 is 43.2 Å². The van der Waals surface area contributed by atoms with Gasteiger partial charge in [-0.25, -0.2) is 19.4 Å². The van der Waals surface area contributed by atoms with Crippen molar-refractivity contribution in [2.45, 2.75) is 117 Å². The van der Waals surface area contributed by atoms with Gasteiger partial charge in [0, 0.05) is 23.3 Å². The lowest BCUT2D eigenvalue weighted by Gasteiger charge is -2.38. The van der Waals surface area contributed by atoms with E-state index in [4.69, 9.17) is 23.9 Å². The Morgan fingerprint density at radius 1 is 1.08 bits per heavy atom. The molecule has 3 N–H and O–H groups in total. The van der Waals surface area contributed by atoms with Crippen molar-refractivity contribution in [1.29, 1.82) is 0 Å². The standard InChI is InChI=1S/C37H50N4O9Si/c1-12-37(48-29(42)17-38-33(45)49-35(4,5)6)25-16-26-30(31(43)24(25)19-47-32(37)44)41-18-23-21(14-28(41)40-26)13-22(39-34(46)50-36(7,8)9)15-27(23)51(10,11)20(2)3/h13-15,20,43H,12,16-19H2,1-11H3,(H,38,45)(H,39,46). The lowest BCUT2D eigenvalue weighted by molar-refractivity contribution is -0.179. The Bertz CT molecular complexity index is 1960. The fourth-order valence-corrected chi connectivity index (χ4v) is 8.71. The number of aliphatic hydroxyl groups excluding tert-OH is 1. The van der Waals surface area contributed by atoms with Crippen LogP contribution in [0, 0.1) is 0 Å². The Morgan fingerprint density at radius 2 is 1.73 bits per heavy atom. The van der Waals surface area contributed by atoms with Crippen molar-refractivity contribution in [3.05, 3.63) is 50.9 Å². The number of hydrogen-bond acceptors (Lipinski definition) is 10. The molecule has 1 aromatic heterocycles. The molecule has 3 aliphatic rings. The first-order valence-corrected chi connectivity index (χ1v) is 20.4. The Labute approximate surface area is 299 Å². The molecule has 51 heavy (non-hydrogen) atoms. The predicted octanol–water partition coefficient (Wildman–Crippen LogP) is 4.04. The summed E-state index contributed by atoms with van der Waals surface area (Å²) in [4.78, 5) is 56.3. The van der Waals surface area contributed by atoms with E-state index in [-0.39, 0.29) is 25.2 Å². The molecule has 0 radical (unpaired) electrons. The number of hydrogen-bond donors (Lipinski definition) is 3. The monoisotopic (exact) mass is 722 g/mol. The molecule has 13 nitrogen and oxygen atoms in total. The van der Waals surface area contributed by atoms with Crippen LogP contribution in [0.1, 0.15) is 85.6 Å². The van der Waals surface area contributed by atoms with Crippen molar-refractivity contribution in [3.8, 4) is 0 Å². The number of amides is 2. The first-order valence-electron chi connectivity index (χ1n) is 17.3. The minimum Gasteiger partial charge on any atom is -0.505 e. The Morgan fingerprint density at radius 3 is 2.33 bits per heavy atom. The first kappa shape index (κ1) is 37.7. The second-order valence-corrected chi connectivity index (χ2v) is 21.3. The minimum absolute atomic E-state index is 0.0300. The van der Waals surface area contributed by atoms with Gasteiger partial charge in [0.1, 0.15) is 40.9 Å². The van der Waals surface area contributed by atoms with Gasteiger partial charge >= 0.3 is 24.1 Å². The van der Waals surface area contributed by atoms with E-state index in [2.05, 4.69) is 37.6 Å². The molecule has 14 heteroatoms. The largest absolute Gasteiger partial charge is 0.505 e. The molecule has 0 fully saturated rings. The van der Waals surface area contributed by atoms with Gasteiger partial charge < -0.3 is 33.9 Å². The molecule has 1 aromatic carbocycles. The van der Waals surface area contributed by atoms with Crippen molar-refractivity contribution in [3.63, 3.8) is 0 Å². The molecule has 2 amide bonds. The predicted molar refractivity (Wildman–Crippen MR) is 194 cm³/mol. The van der Waals surface area contributed by atoms with Crippen LogP contribution in [0.5, 0.6) is 0 Å². The van der Waals surface area contributed by atoms with Crippen molar-refractivity contribution in [1.82, 2.24) is 14.9 Å². The lowest BCUT2D eigenvalue weighted by Crippen LogP contribution is -2.53. The number of ether oxygens (including phenoxy) is 4. The van der Waals surface area contributed by atoms with E-state index >= 15 is 0 Å². The molecule has 1 aliphatic carbocycles. The molecule has 3 heterocycles. The number of esters is 2. The van der Waals surface area contributed by atoms with E-state index in [0.29, 0.717) is 45.4 Å². The molecule has 0 saturated heterocycles. The SMILES string of the molecule is CCC1(OC(=O)CNC(=O)OC(C)(C)C)C(=O)OCC2=C1Cc1nc3n(c1=C2O)Cc1c(cc(NC(=O)OC(C)(C)C)cc1[Si](C)(C)C(C)C)C=3. The smallest absolute Gasteiger partial charge is 0.412 e. The number of cyclic esters (lactones) is 1. The van der Waals surface area contributed by atoms with E-state index < -0.39 is 55.5 Å². The van der Waals surface area contributed by atoms with E-state index in [9.17, 15) is 24.3 Å². The summed E-state index contributed by atoms with van der Waals surface area (Å²) in [5.41, 5.74) is 1.60. The Kier molecular flexibility index (Phi) is 9.74. The van der Waals surface area contributed by atoms with Gasteiger partial charge in [0.2, 0.25) is 5.60 Å². The third-order valence-corrected chi connectivity index (χ3v) is 14.4. The number of carbonyl (C=O) groups is 4. The number of carbonyl (C=O) groups excluding carboxylic acids is 4. The van der Waals surface area contributed by atoms with Gasteiger partial charge in [0.25, 0.3) is 0 Å². The second-order valence-electron chi connectivity index (χ2n) is 16.2. The van der Waals surface area contributed by atoms with Crippen LogP contribution in [0.25, 0.3) is 11.8 Å². The van der Waals surface area contributed by atoms with E-state index in [1.807, 2.05) is 43.5 Å². The number of rotatable bonds is 7. The normalized spacial score (nSPS) is 18.4. The molecule has 276 valence electrons. The van der Waals surface area contributed by atoms with Gasteiger partial charge in [-0.15, -0.1) is 0 Å². The maximum absolute atomic E-state index is 13.4. The number of nitrogens with zero attached hydrogens (tertiary/aromatic N) is 2. The average molecular weight is 723 g/mol. The summed E-state index contributed by atoms with van der Waals surface area (Å²) in [6, 6.07) is 3.96. The quantitative estimate of drug-likeness (QED) is 0.184. The molecule has 0 spiro atoms. The molecule has 5 rings (SSSR count). The second kappa shape index (κ2) is 13.2. The van der Waals surface area contributed by atoms with Gasteiger partial charge in [-0.05, 0) is 82.8 Å². The van der Waals surface area contributed by atoms with Gasteiger partial charge in [-0.1, -0.05) is 39.1 Å². The van der Waals surface area contributed by atoms with Gasteiger partial charge in [-0.2, -0.15) is 0 Å². The van der Waals surface area contributed by atoms with Gasteiger partial charge in [0.05, 0.1) is 20.3 Å². The molecule has 0 bridgehead atoms. The number of benzene rings is 1. The van der Waals surface area contributed by atoms with Crippen molar-refractivity contribution in [2.24, 2.45) is 0 Å². The van der Waals surface area contributed by atoms with E-state index in [1.165, 1.54) is 5.19 Å². The van der Waals surface area contributed by atoms with E-state index in [1.54, 1.807) is 27.7 Å². The van der Waals surface area contributed by atoms with Crippen LogP contribution in [0.2, 0.25) is 18.6 Å². The van der Waals surface area contributed by atoms with Gasteiger partial charge in [0.15, 0.2) is 0 Å². The van der Waals surface area contributed by atoms with Crippen LogP contribution in [0.4, 0.5) is 15.3 Å². The summed E-state index contributed by atoms with van der Waals surface area (Å²) >= 11 is 0. The van der Waals surface area contributed by atoms with Crippen LogP contribution in [0.3, 0.4) is 0 Å². The number of nitrogens with one attached hydrogen (secondary N) is 2. The number of anilines is 1. The Balaban J connectivity index is 1.55. The highest BCUT2D eigenvalue weighted by molar-refractivity contribution is 6.91. The number of imidazole rings is 1. The highest BCUT2D eigenvalue weighted by Gasteiger charge is 2.52. The third-order valence-electron chi connectivity index (χ3n) is 9.68. The summed E-state index contributed by atoms with van der Waals surface area (Å²) in [7, 11) is -2.08. The molecule has 1 atom stereocenters. The molecule has 2 aromatic rings. The summed E-state index contributed by atoms with van der Waals surface area (Å²) in [5, 5.41) is 18.8. The molecular formula is C37H50N4O9Si. The summed E-state index contributed by atoms with van der Waals surface area (Å²) in [5.74, 6) is -1.73. The third kappa shape index (κ3) is 7.42. The van der Waals surface area contributed by atoms with Crippen molar-refractivity contribution >= 4 is 54.9 Å². The van der Waals surface area contributed by atoms with Crippen LogP contribution >= 0.6 is 0 Å². The van der Waals surface area contributed by atoms with Crippen LogP contribution in [-0.2, 0) is 41.5 Å². The Hall–Kier alpha value is -4.59. The molecule has 0 saturated carbocycles. The fraction of sp³-hybridized carbons (Fsp3) is 0.541. The maximum atomic E-state index is 13.4. The zero-order valence-electron chi connectivity index (χ0n) is 31.5. The molecular weight excluding hydrogens is 673 g/mol.